The Labute approximate surface area is 109 Å². The number of hydrogen-bond donors (Lipinski definition) is 1. The molecule has 0 saturated heterocycles. The Morgan fingerprint density at radius 3 is 2.72 bits per heavy atom. The fourth-order valence-corrected chi connectivity index (χ4v) is 2.75. The Kier molecular flexibility index (Phi) is 4.98. The lowest BCUT2D eigenvalue weighted by molar-refractivity contribution is -0.111. The van der Waals surface area contributed by atoms with Gasteiger partial charge in [0.2, 0.25) is 11.0 Å². The van der Waals surface area contributed by atoms with Crippen molar-refractivity contribution in [2.24, 2.45) is 5.16 Å². The molecule has 0 aliphatic heterocycles. The first kappa shape index (κ1) is 14.8. The van der Waals surface area contributed by atoms with Crippen molar-refractivity contribution in [3.63, 3.8) is 0 Å². The summed E-state index contributed by atoms with van der Waals surface area (Å²) in [6.45, 7) is 6.62. The third-order valence-corrected chi connectivity index (χ3v) is 3.15. The summed E-state index contributed by atoms with van der Waals surface area (Å²) in [6.07, 6.45) is 0. The Morgan fingerprint density at radius 2 is 2.22 bits per heavy atom. The second-order valence-electron chi connectivity index (χ2n) is 3.80. The van der Waals surface area contributed by atoms with Gasteiger partial charge in [0.1, 0.15) is 6.61 Å². The molecule has 7 nitrogen and oxygen atoms in total. The average Bonchev–Trinajstić information content (AvgIpc) is 2.63. The SMILES string of the molecule is CCO/N=C(\C(C)=O)c1nsc(NP(C)(C)=O)n1. The van der Waals surface area contributed by atoms with E-state index in [-0.39, 0.29) is 17.3 Å². The molecule has 0 fully saturated rings. The summed E-state index contributed by atoms with van der Waals surface area (Å²) in [6, 6.07) is 0. The number of Topliss-reactive ketones (excluding diaryl/α,β-unsaturated/α-hetero) is 1. The molecule has 1 rings (SSSR count). The molecule has 9 heteroatoms. The van der Waals surface area contributed by atoms with Crippen molar-refractivity contribution in [2.45, 2.75) is 13.8 Å². The van der Waals surface area contributed by atoms with Crippen LogP contribution in [0.1, 0.15) is 19.7 Å². The van der Waals surface area contributed by atoms with Crippen LogP contribution in [0.2, 0.25) is 0 Å². The third-order valence-electron chi connectivity index (χ3n) is 1.62. The quantitative estimate of drug-likeness (QED) is 0.488. The van der Waals surface area contributed by atoms with Crippen LogP contribution in [0.25, 0.3) is 0 Å². The lowest BCUT2D eigenvalue weighted by atomic mass is 10.2. The molecule has 0 spiro atoms. The van der Waals surface area contributed by atoms with Gasteiger partial charge in [0, 0.05) is 31.8 Å². The highest BCUT2D eigenvalue weighted by molar-refractivity contribution is 7.64. The summed E-state index contributed by atoms with van der Waals surface area (Å²) in [5, 5.41) is 6.81. The summed E-state index contributed by atoms with van der Waals surface area (Å²) in [7, 11) is -2.45. The van der Waals surface area contributed by atoms with Crippen molar-refractivity contribution in [3.8, 4) is 0 Å². The smallest absolute Gasteiger partial charge is 0.208 e. The number of oxime groups is 1. The Hall–Kier alpha value is -1.27. The van der Waals surface area contributed by atoms with E-state index in [1.54, 1.807) is 20.3 Å². The Balaban J connectivity index is 2.95. The fourth-order valence-electron chi connectivity index (χ4n) is 0.987. The third kappa shape index (κ3) is 4.54. The van der Waals surface area contributed by atoms with E-state index in [9.17, 15) is 9.36 Å². The summed E-state index contributed by atoms with van der Waals surface area (Å²) in [5.41, 5.74) is 0.0585. The van der Waals surface area contributed by atoms with Gasteiger partial charge in [0.15, 0.2) is 18.8 Å². The van der Waals surface area contributed by atoms with Crippen LogP contribution >= 0.6 is 18.8 Å². The van der Waals surface area contributed by atoms with Gasteiger partial charge < -0.3 is 14.5 Å². The molecule has 0 aliphatic rings. The first-order chi connectivity index (χ1) is 8.33. The van der Waals surface area contributed by atoms with Crippen LogP contribution in [-0.4, -0.2) is 40.8 Å². The van der Waals surface area contributed by atoms with Crippen molar-refractivity contribution >= 4 is 35.5 Å². The molecule has 0 atom stereocenters. The van der Waals surface area contributed by atoms with Gasteiger partial charge >= 0.3 is 0 Å². The van der Waals surface area contributed by atoms with Crippen LogP contribution in [0, 0.1) is 0 Å². The minimum Gasteiger partial charge on any atom is -0.395 e. The highest BCUT2D eigenvalue weighted by Crippen LogP contribution is 2.36. The van der Waals surface area contributed by atoms with Gasteiger partial charge in [-0.05, 0) is 6.92 Å². The predicted octanol–water partition coefficient (Wildman–Crippen LogP) is 1.82. The summed E-state index contributed by atoms with van der Waals surface area (Å²) in [5.74, 6) is -0.110. The van der Waals surface area contributed by atoms with Gasteiger partial charge in [-0.25, -0.2) is 0 Å². The number of ketones is 1. The second kappa shape index (κ2) is 6.06. The van der Waals surface area contributed by atoms with E-state index in [2.05, 4.69) is 19.6 Å². The molecule has 1 aromatic rings. The molecule has 100 valence electrons. The number of carbonyl (C=O) groups excluding carboxylic acids is 1. The van der Waals surface area contributed by atoms with E-state index >= 15 is 0 Å². The van der Waals surface area contributed by atoms with Crippen molar-refractivity contribution in [3.05, 3.63) is 5.82 Å². The number of rotatable bonds is 6. The van der Waals surface area contributed by atoms with E-state index in [0.29, 0.717) is 11.7 Å². The van der Waals surface area contributed by atoms with Crippen molar-refractivity contribution < 1.29 is 14.2 Å². The minimum absolute atomic E-state index is 0.0585. The molecule has 1 heterocycles. The maximum absolute atomic E-state index is 11.6. The molecule has 1 N–H and O–H groups in total. The molecular formula is C9H15N4O3PS. The summed E-state index contributed by atoms with van der Waals surface area (Å²) < 4.78 is 15.6. The maximum Gasteiger partial charge on any atom is 0.208 e. The standard InChI is InChI=1S/C9H15N4O3PS/c1-5-16-11-7(6(2)14)8-10-9(18-13-8)12-17(3,4)15/h5H2,1-4H3,(H,10,12,13,15)/b11-7+. The zero-order chi connectivity index (χ0) is 13.8. The van der Waals surface area contributed by atoms with Crippen LogP contribution in [0.5, 0.6) is 0 Å². The summed E-state index contributed by atoms with van der Waals surface area (Å²) in [4.78, 5) is 20.3. The van der Waals surface area contributed by atoms with E-state index in [4.69, 9.17) is 4.84 Å². The van der Waals surface area contributed by atoms with Gasteiger partial charge in [0.25, 0.3) is 0 Å². The molecule has 18 heavy (non-hydrogen) atoms. The van der Waals surface area contributed by atoms with Crippen molar-refractivity contribution in [1.29, 1.82) is 0 Å². The monoisotopic (exact) mass is 290 g/mol. The zero-order valence-corrected chi connectivity index (χ0v) is 12.3. The van der Waals surface area contributed by atoms with Crippen LogP contribution < -0.4 is 5.09 Å². The highest BCUT2D eigenvalue weighted by Gasteiger charge is 2.18. The number of carbonyl (C=O) groups is 1. The summed E-state index contributed by atoms with van der Waals surface area (Å²) >= 11 is 1.02. The second-order valence-corrected chi connectivity index (χ2v) is 7.48. The van der Waals surface area contributed by atoms with Crippen molar-refractivity contribution in [2.75, 3.05) is 25.0 Å². The largest absolute Gasteiger partial charge is 0.395 e. The van der Waals surface area contributed by atoms with Crippen LogP contribution in [-0.2, 0) is 14.2 Å². The van der Waals surface area contributed by atoms with Crippen LogP contribution in [0.4, 0.5) is 5.13 Å². The molecule has 0 radical (unpaired) electrons. The Bertz CT molecular complexity index is 508. The predicted molar refractivity (Wildman–Crippen MR) is 71.8 cm³/mol. The van der Waals surface area contributed by atoms with E-state index in [1.807, 2.05) is 0 Å². The van der Waals surface area contributed by atoms with Gasteiger partial charge in [-0.2, -0.15) is 9.36 Å². The lowest BCUT2D eigenvalue weighted by Crippen LogP contribution is -2.14. The lowest BCUT2D eigenvalue weighted by Gasteiger charge is -2.05. The van der Waals surface area contributed by atoms with Gasteiger partial charge in [0.05, 0.1) is 0 Å². The van der Waals surface area contributed by atoms with Gasteiger partial charge in [-0.1, -0.05) is 5.16 Å². The number of aromatic nitrogens is 2. The Morgan fingerprint density at radius 1 is 1.56 bits per heavy atom. The van der Waals surface area contributed by atoms with E-state index in [1.165, 1.54) is 6.92 Å². The average molecular weight is 290 g/mol. The molecule has 0 saturated carbocycles. The molecule has 0 aliphatic carbocycles. The first-order valence-corrected chi connectivity index (χ1v) is 8.59. The number of anilines is 1. The minimum atomic E-state index is -2.45. The highest BCUT2D eigenvalue weighted by atomic mass is 32.1. The number of nitrogens with zero attached hydrogens (tertiary/aromatic N) is 3. The molecule has 0 amide bonds. The molecule has 0 unspecified atom stereocenters. The van der Waals surface area contributed by atoms with Gasteiger partial charge in [-0.3, -0.25) is 4.79 Å². The van der Waals surface area contributed by atoms with Crippen molar-refractivity contribution in [1.82, 2.24) is 9.36 Å². The molecule has 0 aromatic carbocycles. The number of hydrogen-bond acceptors (Lipinski definition) is 7. The topological polar surface area (TPSA) is 93.5 Å². The van der Waals surface area contributed by atoms with E-state index in [0.717, 1.165) is 11.5 Å². The normalized spacial score (nSPS) is 12.3. The molecule has 1 aromatic heterocycles. The number of nitrogens with one attached hydrogen (secondary N) is 1. The first-order valence-electron chi connectivity index (χ1n) is 5.21. The maximum atomic E-state index is 11.6. The zero-order valence-electron chi connectivity index (χ0n) is 10.6. The van der Waals surface area contributed by atoms with Crippen LogP contribution in [0.3, 0.4) is 0 Å². The fraction of sp³-hybridized carbons (Fsp3) is 0.556. The van der Waals surface area contributed by atoms with E-state index < -0.39 is 7.29 Å². The molecular weight excluding hydrogens is 275 g/mol. The van der Waals surface area contributed by atoms with Crippen LogP contribution in [0.15, 0.2) is 5.16 Å². The van der Waals surface area contributed by atoms with Gasteiger partial charge in [-0.15, -0.1) is 0 Å². The molecule has 0 bridgehead atoms.